The molecule has 0 bridgehead atoms. The van der Waals surface area contributed by atoms with Crippen molar-refractivity contribution in [3.8, 4) is 0 Å². The van der Waals surface area contributed by atoms with Gasteiger partial charge in [0.1, 0.15) is 0 Å². The van der Waals surface area contributed by atoms with E-state index in [2.05, 4.69) is 57.9 Å². The molecular formula is C11H16BrNS2. The molecule has 1 saturated heterocycles. The van der Waals surface area contributed by atoms with Gasteiger partial charge in [0, 0.05) is 39.5 Å². The fraction of sp³-hybridized carbons (Fsp3) is 0.636. The van der Waals surface area contributed by atoms with E-state index < -0.39 is 0 Å². The quantitative estimate of drug-likeness (QED) is 0.817. The molecule has 1 aromatic heterocycles. The lowest BCUT2D eigenvalue weighted by Gasteiger charge is -2.37. The van der Waals surface area contributed by atoms with Crippen LogP contribution in [-0.2, 0) is 6.54 Å². The van der Waals surface area contributed by atoms with Gasteiger partial charge < -0.3 is 0 Å². The minimum Gasteiger partial charge on any atom is -0.296 e. The Bertz CT molecular complexity index is 335. The molecule has 2 heterocycles. The average molecular weight is 306 g/mol. The molecule has 1 aliphatic heterocycles. The third kappa shape index (κ3) is 3.22. The minimum atomic E-state index is 0.419. The van der Waals surface area contributed by atoms with Gasteiger partial charge in [0.15, 0.2) is 0 Å². The zero-order chi connectivity index (χ0) is 10.9. The normalized spacial score (nSPS) is 21.8. The Hall–Kier alpha value is 0.490. The molecule has 1 aliphatic rings. The van der Waals surface area contributed by atoms with Gasteiger partial charge in [-0.3, -0.25) is 4.90 Å². The summed E-state index contributed by atoms with van der Waals surface area (Å²) in [5, 5.41) is 2.16. The van der Waals surface area contributed by atoms with Gasteiger partial charge >= 0.3 is 0 Å². The van der Waals surface area contributed by atoms with E-state index >= 15 is 0 Å². The summed E-state index contributed by atoms with van der Waals surface area (Å²) < 4.78 is 1.69. The highest BCUT2D eigenvalue weighted by Gasteiger charge is 2.27. The predicted octanol–water partition coefficient (Wildman–Crippen LogP) is 3.84. The summed E-state index contributed by atoms with van der Waals surface area (Å²) in [5.74, 6) is 1.26. The standard InChI is InChI=1S/C11H16BrNS2/c1-11(2)8-13(4-6-15-11)7-10-9(12)3-5-14-10/h3,5H,4,6-8H2,1-2H3. The maximum atomic E-state index is 3.60. The molecule has 1 nitrogen and oxygen atoms in total. The lowest BCUT2D eigenvalue weighted by Crippen LogP contribution is -2.42. The van der Waals surface area contributed by atoms with Gasteiger partial charge in [-0.2, -0.15) is 11.8 Å². The van der Waals surface area contributed by atoms with Crippen LogP contribution in [-0.4, -0.2) is 28.5 Å². The summed E-state index contributed by atoms with van der Waals surface area (Å²) in [6, 6.07) is 2.14. The third-order valence-corrected chi connectivity index (χ3v) is 5.77. The Balaban J connectivity index is 1.98. The number of rotatable bonds is 2. The Labute approximate surface area is 108 Å². The summed E-state index contributed by atoms with van der Waals surface area (Å²) >= 11 is 7.54. The first kappa shape index (κ1) is 12.0. The van der Waals surface area contributed by atoms with E-state index in [4.69, 9.17) is 0 Å². The molecule has 84 valence electrons. The Morgan fingerprint density at radius 3 is 2.93 bits per heavy atom. The molecule has 2 rings (SSSR count). The molecule has 1 fully saturated rings. The van der Waals surface area contributed by atoms with Crippen LogP contribution in [0.4, 0.5) is 0 Å². The first-order chi connectivity index (χ1) is 7.07. The molecule has 4 heteroatoms. The molecule has 0 saturated carbocycles. The number of nitrogens with zero attached hydrogens (tertiary/aromatic N) is 1. The molecule has 0 spiro atoms. The van der Waals surface area contributed by atoms with Crippen LogP contribution < -0.4 is 0 Å². The van der Waals surface area contributed by atoms with Crippen molar-refractivity contribution in [2.24, 2.45) is 0 Å². The summed E-state index contributed by atoms with van der Waals surface area (Å²) in [7, 11) is 0. The highest BCUT2D eigenvalue weighted by atomic mass is 79.9. The molecule has 0 aromatic carbocycles. The number of thiophene rings is 1. The highest BCUT2D eigenvalue weighted by Crippen LogP contribution is 2.32. The first-order valence-corrected chi connectivity index (χ1v) is 7.81. The summed E-state index contributed by atoms with van der Waals surface area (Å²) in [5.41, 5.74) is 0. The van der Waals surface area contributed by atoms with Crippen molar-refractivity contribution in [1.29, 1.82) is 0 Å². The largest absolute Gasteiger partial charge is 0.296 e. The van der Waals surface area contributed by atoms with Crippen LogP contribution in [0.2, 0.25) is 0 Å². The van der Waals surface area contributed by atoms with Gasteiger partial charge in [-0.1, -0.05) is 0 Å². The van der Waals surface area contributed by atoms with Crippen molar-refractivity contribution in [3.05, 3.63) is 20.8 Å². The van der Waals surface area contributed by atoms with Gasteiger partial charge in [-0.05, 0) is 41.2 Å². The lowest BCUT2D eigenvalue weighted by molar-refractivity contribution is 0.254. The zero-order valence-electron chi connectivity index (χ0n) is 9.12. The van der Waals surface area contributed by atoms with Gasteiger partial charge in [-0.25, -0.2) is 0 Å². The van der Waals surface area contributed by atoms with Crippen molar-refractivity contribution in [2.75, 3.05) is 18.8 Å². The Kier molecular flexibility index (Phi) is 3.81. The summed E-state index contributed by atoms with van der Waals surface area (Å²) in [6.07, 6.45) is 0. The molecule has 1 aromatic rings. The molecule has 0 unspecified atom stereocenters. The maximum absolute atomic E-state index is 3.60. The van der Waals surface area contributed by atoms with Crippen LogP contribution in [0, 0.1) is 0 Å². The van der Waals surface area contributed by atoms with E-state index in [0.29, 0.717) is 4.75 Å². The molecule has 15 heavy (non-hydrogen) atoms. The SMILES string of the molecule is CC1(C)CN(Cc2sccc2Br)CCS1. The maximum Gasteiger partial charge on any atom is 0.0340 e. The number of hydrogen-bond donors (Lipinski definition) is 0. The minimum absolute atomic E-state index is 0.419. The molecule has 0 atom stereocenters. The second kappa shape index (κ2) is 4.78. The van der Waals surface area contributed by atoms with Crippen LogP contribution >= 0.6 is 39.0 Å². The van der Waals surface area contributed by atoms with Crippen LogP contribution in [0.3, 0.4) is 0 Å². The number of halogens is 1. The van der Waals surface area contributed by atoms with E-state index in [1.807, 2.05) is 11.3 Å². The third-order valence-electron chi connectivity index (χ3n) is 2.56. The van der Waals surface area contributed by atoms with Crippen LogP contribution in [0.1, 0.15) is 18.7 Å². The second-order valence-corrected chi connectivity index (χ2v) is 8.17. The molecule has 0 radical (unpaired) electrons. The van der Waals surface area contributed by atoms with Crippen LogP contribution in [0.5, 0.6) is 0 Å². The topological polar surface area (TPSA) is 3.24 Å². The van der Waals surface area contributed by atoms with Crippen molar-refractivity contribution >= 4 is 39.0 Å². The number of hydrogen-bond acceptors (Lipinski definition) is 3. The predicted molar refractivity (Wildman–Crippen MR) is 73.8 cm³/mol. The van der Waals surface area contributed by atoms with Crippen LogP contribution in [0.15, 0.2) is 15.9 Å². The molecule has 0 aliphatic carbocycles. The summed E-state index contributed by atoms with van der Waals surface area (Å²) in [6.45, 7) is 8.20. The smallest absolute Gasteiger partial charge is 0.0340 e. The van der Waals surface area contributed by atoms with Gasteiger partial charge in [-0.15, -0.1) is 11.3 Å². The monoisotopic (exact) mass is 305 g/mol. The fourth-order valence-electron chi connectivity index (χ4n) is 1.89. The van der Waals surface area contributed by atoms with E-state index in [1.165, 1.54) is 28.2 Å². The van der Waals surface area contributed by atoms with Crippen LogP contribution in [0.25, 0.3) is 0 Å². The van der Waals surface area contributed by atoms with Crippen molar-refractivity contribution < 1.29 is 0 Å². The van der Waals surface area contributed by atoms with Gasteiger partial charge in [0.05, 0.1) is 0 Å². The van der Waals surface area contributed by atoms with Crippen molar-refractivity contribution in [1.82, 2.24) is 4.90 Å². The van der Waals surface area contributed by atoms with E-state index in [9.17, 15) is 0 Å². The molecular weight excluding hydrogens is 290 g/mol. The Morgan fingerprint density at radius 2 is 2.33 bits per heavy atom. The first-order valence-electron chi connectivity index (χ1n) is 5.15. The fourth-order valence-corrected chi connectivity index (χ4v) is 4.59. The zero-order valence-corrected chi connectivity index (χ0v) is 12.3. The molecule has 0 amide bonds. The van der Waals surface area contributed by atoms with E-state index in [-0.39, 0.29) is 0 Å². The lowest BCUT2D eigenvalue weighted by atomic mass is 10.2. The average Bonchev–Trinajstić information content (AvgIpc) is 2.50. The van der Waals surface area contributed by atoms with E-state index in [0.717, 1.165) is 6.54 Å². The second-order valence-electron chi connectivity index (χ2n) is 4.51. The molecule has 0 N–H and O–H groups in total. The highest BCUT2D eigenvalue weighted by molar-refractivity contribution is 9.10. The Morgan fingerprint density at radius 1 is 1.53 bits per heavy atom. The van der Waals surface area contributed by atoms with E-state index in [1.54, 1.807) is 0 Å². The number of thioether (sulfide) groups is 1. The van der Waals surface area contributed by atoms with Crippen molar-refractivity contribution in [3.63, 3.8) is 0 Å². The van der Waals surface area contributed by atoms with Gasteiger partial charge in [0.2, 0.25) is 0 Å². The van der Waals surface area contributed by atoms with Gasteiger partial charge in [0.25, 0.3) is 0 Å². The van der Waals surface area contributed by atoms with Crippen molar-refractivity contribution in [2.45, 2.75) is 25.1 Å². The summed E-state index contributed by atoms with van der Waals surface area (Å²) in [4.78, 5) is 4.02.